The first-order chi connectivity index (χ1) is 5.20. The van der Waals surface area contributed by atoms with Crippen molar-refractivity contribution in [2.24, 2.45) is 0 Å². The topological polar surface area (TPSA) is 25.8 Å². The first kappa shape index (κ1) is 9.38. The summed E-state index contributed by atoms with van der Waals surface area (Å²) in [6, 6.07) is 0. The van der Waals surface area contributed by atoms with E-state index in [1.54, 1.807) is 6.33 Å². The zero-order valence-electron chi connectivity index (χ0n) is 6.09. The zero-order valence-corrected chi connectivity index (χ0v) is 9.83. The summed E-state index contributed by atoms with van der Waals surface area (Å²) in [7, 11) is 0. The van der Waals surface area contributed by atoms with Crippen LogP contribution in [0.3, 0.4) is 0 Å². The van der Waals surface area contributed by atoms with Crippen LogP contribution in [-0.4, -0.2) is 14.8 Å². The molecule has 2 nitrogen and oxygen atoms in total. The highest BCUT2D eigenvalue weighted by Gasteiger charge is 2.03. The van der Waals surface area contributed by atoms with E-state index in [2.05, 4.69) is 55.4 Å². The number of rotatable bonds is 2. The fourth-order valence-electron chi connectivity index (χ4n) is 0.755. The van der Waals surface area contributed by atoms with Crippen LogP contribution in [0.1, 0.15) is 12.6 Å². The molecular formula is C7H8BrIN2. The lowest BCUT2D eigenvalue weighted by molar-refractivity contribution is 0.891. The highest BCUT2D eigenvalue weighted by molar-refractivity contribution is 14.1. The molecule has 0 N–H and O–H groups in total. The van der Waals surface area contributed by atoms with Crippen LogP contribution in [0.25, 0.3) is 0 Å². The predicted octanol–water partition coefficient (Wildman–Crippen LogP) is 2.41. The van der Waals surface area contributed by atoms with E-state index in [1.165, 1.54) is 0 Å². The molecule has 0 aliphatic rings. The van der Waals surface area contributed by atoms with Crippen molar-refractivity contribution in [2.45, 2.75) is 18.2 Å². The molecule has 0 saturated heterocycles. The van der Waals surface area contributed by atoms with Gasteiger partial charge in [-0.2, -0.15) is 0 Å². The molecule has 1 rings (SSSR count). The van der Waals surface area contributed by atoms with Gasteiger partial charge in [0.2, 0.25) is 0 Å². The van der Waals surface area contributed by atoms with Gasteiger partial charge >= 0.3 is 0 Å². The molecule has 0 spiro atoms. The van der Waals surface area contributed by atoms with Crippen LogP contribution < -0.4 is 0 Å². The molecule has 0 aliphatic heterocycles. The van der Waals surface area contributed by atoms with Gasteiger partial charge in [0, 0.05) is 17.4 Å². The maximum atomic E-state index is 4.17. The molecule has 11 heavy (non-hydrogen) atoms. The average Bonchev–Trinajstić information content (AvgIpc) is 1.93. The minimum absolute atomic E-state index is 0.478. The van der Waals surface area contributed by atoms with Gasteiger partial charge in [0.25, 0.3) is 0 Å². The Bertz CT molecular complexity index is 240. The Balaban J connectivity index is 2.78. The minimum Gasteiger partial charge on any atom is -0.244 e. The predicted molar refractivity (Wildman–Crippen MR) is 56.8 cm³/mol. The molecule has 0 aromatic carbocycles. The summed E-state index contributed by atoms with van der Waals surface area (Å²) >= 11 is 5.73. The maximum Gasteiger partial charge on any atom is 0.115 e. The van der Waals surface area contributed by atoms with Crippen molar-refractivity contribution in [2.75, 3.05) is 0 Å². The second-order valence-electron chi connectivity index (χ2n) is 2.30. The fraction of sp³-hybridized carbons (Fsp3) is 0.429. The van der Waals surface area contributed by atoms with Crippen LogP contribution in [0.2, 0.25) is 0 Å². The van der Waals surface area contributed by atoms with Gasteiger partial charge in [-0.25, -0.2) is 9.97 Å². The van der Waals surface area contributed by atoms with E-state index in [-0.39, 0.29) is 0 Å². The standard InChI is InChI=1S/C7H8BrIN2/c1-5(8)2-7-6(9)3-10-4-11-7/h3-5H,2H2,1H3. The van der Waals surface area contributed by atoms with Gasteiger partial charge in [-0.3, -0.25) is 0 Å². The maximum absolute atomic E-state index is 4.17. The number of hydrogen-bond acceptors (Lipinski definition) is 2. The van der Waals surface area contributed by atoms with Gasteiger partial charge in [0.05, 0.1) is 9.26 Å². The Hall–Kier alpha value is 0.290. The molecule has 1 heterocycles. The molecular weight excluding hydrogens is 319 g/mol. The molecule has 1 atom stereocenters. The first-order valence-corrected chi connectivity index (χ1v) is 5.28. The number of aromatic nitrogens is 2. The summed E-state index contributed by atoms with van der Waals surface area (Å²) in [5, 5.41) is 0. The number of nitrogens with zero attached hydrogens (tertiary/aromatic N) is 2. The van der Waals surface area contributed by atoms with Crippen LogP contribution >= 0.6 is 38.5 Å². The highest BCUT2D eigenvalue weighted by Crippen LogP contribution is 2.12. The van der Waals surface area contributed by atoms with Gasteiger partial charge in [0.1, 0.15) is 6.33 Å². The van der Waals surface area contributed by atoms with E-state index in [0.717, 1.165) is 15.7 Å². The fourth-order valence-corrected chi connectivity index (χ4v) is 1.58. The number of alkyl halides is 1. The molecule has 1 aromatic rings. The van der Waals surface area contributed by atoms with Gasteiger partial charge < -0.3 is 0 Å². The lowest BCUT2D eigenvalue weighted by atomic mass is 10.2. The quantitative estimate of drug-likeness (QED) is 0.616. The number of hydrogen-bond donors (Lipinski definition) is 0. The van der Waals surface area contributed by atoms with Crippen molar-refractivity contribution in [1.29, 1.82) is 0 Å². The third-order valence-electron chi connectivity index (χ3n) is 1.22. The largest absolute Gasteiger partial charge is 0.244 e. The zero-order chi connectivity index (χ0) is 8.27. The Morgan fingerprint density at radius 2 is 2.45 bits per heavy atom. The van der Waals surface area contributed by atoms with Crippen molar-refractivity contribution < 1.29 is 0 Å². The Labute approximate surface area is 88.1 Å². The van der Waals surface area contributed by atoms with Crippen molar-refractivity contribution in [3.8, 4) is 0 Å². The highest BCUT2D eigenvalue weighted by atomic mass is 127. The SMILES string of the molecule is CC(Br)Cc1ncncc1I. The Kier molecular flexibility index (Phi) is 3.71. The monoisotopic (exact) mass is 326 g/mol. The summed E-state index contributed by atoms with van der Waals surface area (Å²) < 4.78 is 1.14. The van der Waals surface area contributed by atoms with Crippen molar-refractivity contribution >= 4 is 38.5 Å². The van der Waals surface area contributed by atoms with E-state index in [1.807, 2.05) is 6.20 Å². The second kappa shape index (κ2) is 4.35. The van der Waals surface area contributed by atoms with Crippen molar-refractivity contribution in [3.63, 3.8) is 0 Å². The van der Waals surface area contributed by atoms with E-state index < -0.39 is 0 Å². The molecule has 0 bridgehead atoms. The average molecular weight is 327 g/mol. The molecule has 1 aromatic heterocycles. The van der Waals surface area contributed by atoms with Gasteiger partial charge in [-0.15, -0.1) is 0 Å². The van der Waals surface area contributed by atoms with Crippen molar-refractivity contribution in [1.82, 2.24) is 9.97 Å². The van der Waals surface area contributed by atoms with Crippen LogP contribution in [0.5, 0.6) is 0 Å². The molecule has 0 amide bonds. The van der Waals surface area contributed by atoms with Crippen LogP contribution in [0.15, 0.2) is 12.5 Å². The summed E-state index contributed by atoms with van der Waals surface area (Å²) in [5.41, 5.74) is 1.12. The van der Waals surface area contributed by atoms with E-state index in [0.29, 0.717) is 4.83 Å². The van der Waals surface area contributed by atoms with Crippen LogP contribution in [0, 0.1) is 3.57 Å². The third-order valence-corrected chi connectivity index (χ3v) is 2.44. The lowest BCUT2D eigenvalue weighted by Crippen LogP contribution is -2.01. The molecule has 60 valence electrons. The Morgan fingerprint density at radius 3 is 3.00 bits per heavy atom. The molecule has 0 fully saturated rings. The van der Waals surface area contributed by atoms with E-state index in [4.69, 9.17) is 0 Å². The number of halogens is 2. The normalized spacial score (nSPS) is 13.0. The summed E-state index contributed by atoms with van der Waals surface area (Å²) in [6.45, 7) is 2.11. The second-order valence-corrected chi connectivity index (χ2v) is 5.03. The van der Waals surface area contributed by atoms with E-state index >= 15 is 0 Å². The lowest BCUT2D eigenvalue weighted by Gasteiger charge is -2.02. The first-order valence-electron chi connectivity index (χ1n) is 3.28. The summed E-state index contributed by atoms with van der Waals surface area (Å²) in [5.74, 6) is 0. The minimum atomic E-state index is 0.478. The van der Waals surface area contributed by atoms with E-state index in [9.17, 15) is 0 Å². The molecule has 1 unspecified atom stereocenters. The smallest absolute Gasteiger partial charge is 0.115 e. The van der Waals surface area contributed by atoms with Gasteiger partial charge in [-0.05, 0) is 22.6 Å². The molecule has 0 aliphatic carbocycles. The molecule has 0 saturated carbocycles. The molecule has 0 radical (unpaired) electrons. The van der Waals surface area contributed by atoms with Gasteiger partial charge in [0.15, 0.2) is 0 Å². The van der Waals surface area contributed by atoms with Gasteiger partial charge in [-0.1, -0.05) is 22.9 Å². The molecule has 4 heteroatoms. The third kappa shape index (κ3) is 3.02. The van der Waals surface area contributed by atoms with Crippen LogP contribution in [0.4, 0.5) is 0 Å². The Morgan fingerprint density at radius 1 is 1.73 bits per heavy atom. The summed E-state index contributed by atoms with van der Waals surface area (Å²) in [6.07, 6.45) is 4.38. The van der Waals surface area contributed by atoms with Crippen LogP contribution in [-0.2, 0) is 6.42 Å². The van der Waals surface area contributed by atoms with Crippen molar-refractivity contribution in [3.05, 3.63) is 21.8 Å². The summed E-state index contributed by atoms with van der Waals surface area (Å²) in [4.78, 5) is 8.57.